The van der Waals surface area contributed by atoms with Crippen LogP contribution in [0.25, 0.3) is 11.6 Å². The van der Waals surface area contributed by atoms with Gasteiger partial charge in [0.15, 0.2) is 0 Å². The van der Waals surface area contributed by atoms with E-state index < -0.39 is 118 Å². The molecule has 0 saturated carbocycles. The maximum atomic E-state index is 14.8. The molecule has 6 aromatic carbocycles. The third-order valence-electron chi connectivity index (χ3n) is 11.4. The van der Waals surface area contributed by atoms with Crippen molar-refractivity contribution in [2.75, 3.05) is 0 Å². The van der Waals surface area contributed by atoms with Crippen molar-refractivity contribution in [1.29, 1.82) is 0 Å². The summed E-state index contributed by atoms with van der Waals surface area (Å²) in [4.78, 5) is 0. The van der Waals surface area contributed by atoms with Crippen LogP contribution in [0.4, 0.5) is 70.2 Å². The molecule has 1 aliphatic rings. The minimum atomic E-state index is -4.90. The predicted octanol–water partition coefficient (Wildman–Crippen LogP) is 15.5. The first-order valence-electron chi connectivity index (χ1n) is 21.6. The molecule has 1 atom stereocenters. The maximum Gasteiger partial charge on any atom is 0.417 e. The lowest BCUT2D eigenvalue weighted by Crippen LogP contribution is -2.24. The van der Waals surface area contributed by atoms with Crippen LogP contribution >= 0.6 is 0 Å². The normalized spacial score (nSPS) is 13.4. The molecule has 0 saturated heterocycles. The number of phenols is 2. The smallest absolute Gasteiger partial charge is 0.417 e. The van der Waals surface area contributed by atoms with Crippen LogP contribution in [-0.2, 0) is 31.6 Å². The third-order valence-corrected chi connectivity index (χ3v) is 11.4. The summed E-state index contributed by atoms with van der Waals surface area (Å²) in [5.41, 5.74) is -4.15. The van der Waals surface area contributed by atoms with E-state index >= 15 is 0 Å². The van der Waals surface area contributed by atoms with Crippen LogP contribution in [0.1, 0.15) is 101 Å². The highest BCUT2D eigenvalue weighted by Crippen LogP contribution is 2.47. The fraction of sp³-hybridized carbons (Fsp3) is 0.264. The first-order valence-corrected chi connectivity index (χ1v) is 21.6. The number of hydrogen-bond donors (Lipinski definition) is 2. The molecule has 19 heteroatoms. The average Bonchev–Trinajstić information content (AvgIpc) is 3.27. The SMILES string of the molecule is CCCc1cc(O)c(C(c2cc(F)c(CCC(F)(F)F)cc2O)c2ccccc2C(F)(F)F)cc1F.CCCc1cc2c(cc1F)C(c1ccccc1C(F)(F)F)=c1cc(F)/c(=C\CC(F)(F)F)cc1O2.[CH3-]. The van der Waals surface area contributed by atoms with Gasteiger partial charge in [0.25, 0.3) is 0 Å². The lowest BCUT2D eigenvalue weighted by Gasteiger charge is -2.25. The highest BCUT2D eigenvalue weighted by Gasteiger charge is 2.39. The molecule has 0 fully saturated rings. The zero-order valence-electron chi connectivity index (χ0n) is 38.2. The van der Waals surface area contributed by atoms with Gasteiger partial charge in [-0.3, -0.25) is 0 Å². The number of aromatic hydroxyl groups is 2. The van der Waals surface area contributed by atoms with Gasteiger partial charge in [-0.2, -0.15) is 52.7 Å². The first-order chi connectivity index (χ1) is 33.1. The van der Waals surface area contributed by atoms with Crippen molar-refractivity contribution in [3.8, 4) is 23.0 Å². The van der Waals surface area contributed by atoms with Gasteiger partial charge < -0.3 is 22.4 Å². The largest absolute Gasteiger partial charge is 0.508 e. The average molecular weight is 1030 g/mol. The van der Waals surface area contributed by atoms with E-state index in [4.69, 9.17) is 4.74 Å². The number of alkyl halides is 12. The topological polar surface area (TPSA) is 49.7 Å². The van der Waals surface area contributed by atoms with Crippen LogP contribution in [-0.4, -0.2) is 22.6 Å². The highest BCUT2D eigenvalue weighted by atomic mass is 19.4. The molecule has 0 amide bonds. The van der Waals surface area contributed by atoms with Crippen LogP contribution in [0.5, 0.6) is 23.0 Å². The van der Waals surface area contributed by atoms with Crippen LogP contribution in [0, 0.1) is 30.7 Å². The summed E-state index contributed by atoms with van der Waals surface area (Å²) in [6, 6.07) is 16.2. The number of benzene rings is 6. The second-order valence-electron chi connectivity index (χ2n) is 16.5. The number of phenolic OH excluding ortho intramolecular Hbond substituents is 2. The molecule has 1 heterocycles. The van der Waals surface area contributed by atoms with Gasteiger partial charge in [0.05, 0.1) is 17.5 Å². The second-order valence-corrected chi connectivity index (χ2v) is 16.5. The van der Waals surface area contributed by atoms with Crippen molar-refractivity contribution < 1.29 is 85.2 Å². The fourth-order valence-corrected chi connectivity index (χ4v) is 8.21. The van der Waals surface area contributed by atoms with Crippen molar-refractivity contribution >= 4 is 11.6 Å². The summed E-state index contributed by atoms with van der Waals surface area (Å²) in [5.74, 6) is -6.92. The number of rotatable bonds is 11. The summed E-state index contributed by atoms with van der Waals surface area (Å²) in [6.07, 6.45) is -20.1. The summed E-state index contributed by atoms with van der Waals surface area (Å²) >= 11 is 0. The summed E-state index contributed by atoms with van der Waals surface area (Å²) in [6.45, 7) is 3.58. The van der Waals surface area contributed by atoms with Crippen LogP contribution in [0.15, 0.2) is 97.1 Å². The van der Waals surface area contributed by atoms with Crippen molar-refractivity contribution in [3.63, 3.8) is 0 Å². The Morgan fingerprint density at radius 1 is 0.514 bits per heavy atom. The van der Waals surface area contributed by atoms with Gasteiger partial charge in [0.1, 0.15) is 46.3 Å². The third kappa shape index (κ3) is 13.1. The van der Waals surface area contributed by atoms with Crippen LogP contribution < -0.4 is 15.2 Å². The Morgan fingerprint density at radius 3 is 1.54 bits per heavy atom. The summed E-state index contributed by atoms with van der Waals surface area (Å²) in [5, 5.41) is 20.8. The molecule has 6 aromatic rings. The van der Waals surface area contributed by atoms with Gasteiger partial charge in [-0.25, -0.2) is 17.6 Å². The van der Waals surface area contributed by atoms with Crippen molar-refractivity contribution in [3.05, 3.63) is 194 Å². The van der Waals surface area contributed by atoms with E-state index in [1.54, 1.807) is 6.92 Å². The first kappa shape index (κ1) is 56.3. The number of ether oxygens (including phenoxy) is 1. The molecule has 0 radical (unpaired) electrons. The van der Waals surface area contributed by atoms with Crippen molar-refractivity contribution in [1.82, 2.24) is 0 Å². The Balaban J connectivity index is 0.000000264. The molecule has 0 spiro atoms. The van der Waals surface area contributed by atoms with Gasteiger partial charge >= 0.3 is 24.7 Å². The lowest BCUT2D eigenvalue weighted by molar-refractivity contribution is -0.138. The van der Waals surface area contributed by atoms with Crippen molar-refractivity contribution in [2.24, 2.45) is 0 Å². The van der Waals surface area contributed by atoms with Gasteiger partial charge in [-0.05, 0) is 108 Å². The minimum Gasteiger partial charge on any atom is -0.508 e. The Labute approximate surface area is 402 Å². The van der Waals surface area contributed by atoms with Gasteiger partial charge in [-0.1, -0.05) is 69.2 Å². The molecular formula is C53H43F16O3-. The van der Waals surface area contributed by atoms with E-state index in [1.165, 1.54) is 30.3 Å². The van der Waals surface area contributed by atoms with Crippen LogP contribution in [0.2, 0.25) is 0 Å². The molecular weight excluding hydrogens is 989 g/mol. The van der Waals surface area contributed by atoms with E-state index in [-0.39, 0.29) is 64.0 Å². The quantitative estimate of drug-likeness (QED) is 0.0771. The molecule has 386 valence electrons. The highest BCUT2D eigenvalue weighted by molar-refractivity contribution is 5.87. The van der Waals surface area contributed by atoms with Gasteiger partial charge in [-0.15, -0.1) is 0 Å². The molecule has 1 unspecified atom stereocenters. The monoisotopic (exact) mass is 1030 g/mol. The zero-order valence-corrected chi connectivity index (χ0v) is 38.2. The standard InChI is InChI=1S/C26H22F8O2.C26H18F8O.CH3/c1-2-5-14-10-22(35)17(12-20(14)27)24(16-6-3-4-7-19(16)26(32,33)34)18-13-21(28)15(11-23(18)36)8-9-25(29,30)31;1-2-5-14-10-22-17(12-20(14)27)24(16-6-3-4-7-19(16)26(32,33)34)18-13-21(28)15(11-23(18)35-22)8-9-25(29,30)31;/h3-4,6-7,10-13,24,35-36H,2,5,8-9H2,1H3;3-4,6-8,10-13H,2,5,9H2,1H3;1H3/q;;-1/b;15-8-;. The van der Waals surface area contributed by atoms with E-state index in [9.17, 15) is 80.5 Å². The summed E-state index contributed by atoms with van der Waals surface area (Å²) < 4.78 is 224. The number of hydrogen-bond acceptors (Lipinski definition) is 3. The zero-order chi connectivity index (χ0) is 52.4. The Morgan fingerprint density at radius 2 is 1.01 bits per heavy atom. The van der Waals surface area contributed by atoms with E-state index in [1.807, 2.05) is 6.92 Å². The Kier molecular flexibility index (Phi) is 17.2. The summed E-state index contributed by atoms with van der Waals surface area (Å²) in [7, 11) is 0. The number of fused-ring (bicyclic) bond motifs is 2. The predicted molar refractivity (Wildman–Crippen MR) is 238 cm³/mol. The van der Waals surface area contributed by atoms with E-state index in [2.05, 4.69) is 0 Å². The fourth-order valence-electron chi connectivity index (χ4n) is 8.21. The molecule has 72 heavy (non-hydrogen) atoms. The molecule has 7 rings (SSSR count). The molecule has 2 N–H and O–H groups in total. The number of aryl methyl sites for hydroxylation is 3. The Bertz CT molecular complexity index is 3040. The van der Waals surface area contributed by atoms with Crippen molar-refractivity contribution in [2.45, 2.75) is 89.4 Å². The molecule has 3 nitrogen and oxygen atoms in total. The molecule has 0 aromatic heterocycles. The van der Waals surface area contributed by atoms with Gasteiger partial charge in [0, 0.05) is 45.0 Å². The van der Waals surface area contributed by atoms with Gasteiger partial charge in [0.2, 0.25) is 0 Å². The molecule has 0 bridgehead atoms. The maximum absolute atomic E-state index is 14.8. The molecule has 1 aliphatic heterocycles. The molecule has 0 aliphatic carbocycles. The van der Waals surface area contributed by atoms with Crippen LogP contribution in [0.3, 0.4) is 0 Å². The Hall–Kier alpha value is -6.66. The second kappa shape index (κ2) is 22.0. The van der Waals surface area contributed by atoms with E-state index in [0.29, 0.717) is 37.5 Å². The minimum absolute atomic E-state index is 0. The number of halogens is 16. The van der Waals surface area contributed by atoms with E-state index in [0.717, 1.165) is 54.6 Å². The lowest BCUT2D eigenvalue weighted by atomic mass is 9.80.